The molecule has 0 bridgehead atoms. The highest BCUT2D eigenvalue weighted by atomic mass is 31.2. The number of quaternary nitrogens is 1. The van der Waals surface area contributed by atoms with Gasteiger partial charge in [0.05, 0.1) is 39.9 Å². The molecule has 0 fully saturated rings. The van der Waals surface area contributed by atoms with E-state index in [-0.39, 0.29) is 12.5 Å². The average Bonchev–Trinajstić information content (AvgIpc) is 3.52. The molecular formula is C76H149N2O6P. The van der Waals surface area contributed by atoms with Crippen LogP contribution in [0.3, 0.4) is 0 Å². The van der Waals surface area contributed by atoms with Crippen molar-refractivity contribution in [2.45, 2.75) is 405 Å². The summed E-state index contributed by atoms with van der Waals surface area (Å²) in [5.74, 6) is -0.203. The van der Waals surface area contributed by atoms with Gasteiger partial charge >= 0.3 is 0 Å². The molecule has 0 aliphatic carbocycles. The van der Waals surface area contributed by atoms with Crippen LogP contribution in [0.5, 0.6) is 0 Å². The number of hydrogen-bond acceptors (Lipinski definition) is 6. The number of amides is 1. The number of allylic oxidation sites excluding steroid dienone is 5. The van der Waals surface area contributed by atoms with Crippen molar-refractivity contribution >= 4 is 13.7 Å². The second-order valence-corrected chi connectivity index (χ2v) is 28.8. The Bertz CT molecular complexity index is 1480. The summed E-state index contributed by atoms with van der Waals surface area (Å²) in [5.41, 5.74) is 0. The van der Waals surface area contributed by atoms with Crippen LogP contribution in [0.4, 0.5) is 0 Å². The molecule has 0 rings (SSSR count). The van der Waals surface area contributed by atoms with Crippen molar-refractivity contribution < 1.29 is 32.9 Å². The molecular weight excluding hydrogens is 1070 g/mol. The molecule has 0 radical (unpaired) electrons. The van der Waals surface area contributed by atoms with E-state index in [9.17, 15) is 19.4 Å². The number of likely N-dealkylation sites (N-methyl/N-ethyl adjacent to an activating group) is 1. The van der Waals surface area contributed by atoms with E-state index in [0.29, 0.717) is 17.4 Å². The highest BCUT2D eigenvalue weighted by Gasteiger charge is 2.23. The van der Waals surface area contributed by atoms with E-state index in [4.69, 9.17) is 9.05 Å². The third-order valence-corrected chi connectivity index (χ3v) is 18.5. The molecule has 3 atom stereocenters. The van der Waals surface area contributed by atoms with Crippen LogP contribution in [0.1, 0.15) is 393 Å². The van der Waals surface area contributed by atoms with E-state index in [1.54, 1.807) is 6.08 Å². The van der Waals surface area contributed by atoms with Crippen molar-refractivity contribution in [2.24, 2.45) is 0 Å². The van der Waals surface area contributed by atoms with Crippen LogP contribution in [0, 0.1) is 0 Å². The molecule has 2 N–H and O–H groups in total. The lowest BCUT2D eigenvalue weighted by molar-refractivity contribution is -0.870. The van der Waals surface area contributed by atoms with E-state index >= 15 is 0 Å². The number of nitrogens with one attached hydrogen (secondary N) is 1. The van der Waals surface area contributed by atoms with Crippen molar-refractivity contribution in [2.75, 3.05) is 40.9 Å². The van der Waals surface area contributed by atoms with Crippen LogP contribution in [0.25, 0.3) is 0 Å². The van der Waals surface area contributed by atoms with Gasteiger partial charge in [-0.2, -0.15) is 0 Å². The molecule has 0 aromatic rings. The number of phosphoric acid groups is 1. The predicted octanol–water partition coefficient (Wildman–Crippen LogP) is 23.8. The summed E-state index contributed by atoms with van der Waals surface area (Å²) in [6.07, 6.45) is 90.3. The second-order valence-electron chi connectivity index (χ2n) is 27.4. The predicted molar refractivity (Wildman–Crippen MR) is 372 cm³/mol. The van der Waals surface area contributed by atoms with Gasteiger partial charge in [0, 0.05) is 6.42 Å². The van der Waals surface area contributed by atoms with Crippen LogP contribution in [-0.2, 0) is 18.4 Å². The van der Waals surface area contributed by atoms with E-state index in [0.717, 1.165) is 44.9 Å². The highest BCUT2D eigenvalue weighted by Crippen LogP contribution is 2.38. The first-order valence-electron chi connectivity index (χ1n) is 37.9. The summed E-state index contributed by atoms with van der Waals surface area (Å²) in [6.45, 7) is 4.68. The van der Waals surface area contributed by atoms with Gasteiger partial charge in [0.25, 0.3) is 7.82 Å². The first kappa shape index (κ1) is 83.7. The van der Waals surface area contributed by atoms with Crippen LogP contribution in [0.2, 0.25) is 0 Å². The van der Waals surface area contributed by atoms with Gasteiger partial charge in [0.15, 0.2) is 0 Å². The summed E-state index contributed by atoms with van der Waals surface area (Å²) in [5, 5.41) is 13.9. The Balaban J connectivity index is 3.94. The Morgan fingerprint density at radius 1 is 0.400 bits per heavy atom. The summed E-state index contributed by atoms with van der Waals surface area (Å²) >= 11 is 0. The van der Waals surface area contributed by atoms with Gasteiger partial charge in [0.2, 0.25) is 5.91 Å². The molecule has 0 aromatic heterocycles. The number of aliphatic hydroxyl groups excluding tert-OH is 1. The zero-order chi connectivity index (χ0) is 61.9. The number of nitrogens with zero attached hydrogens (tertiary/aromatic N) is 1. The zero-order valence-corrected chi connectivity index (χ0v) is 58.7. The summed E-state index contributed by atoms with van der Waals surface area (Å²) in [7, 11) is 1.25. The minimum atomic E-state index is -4.61. The van der Waals surface area contributed by atoms with Crippen molar-refractivity contribution in [1.82, 2.24) is 5.32 Å². The summed E-state index contributed by atoms with van der Waals surface area (Å²) < 4.78 is 23.4. The number of rotatable bonds is 71. The van der Waals surface area contributed by atoms with Gasteiger partial charge in [-0.15, -0.1) is 0 Å². The van der Waals surface area contributed by atoms with E-state index in [2.05, 4.69) is 43.5 Å². The lowest BCUT2D eigenvalue weighted by Gasteiger charge is -2.29. The Morgan fingerprint density at radius 2 is 0.659 bits per heavy atom. The second kappa shape index (κ2) is 67.1. The van der Waals surface area contributed by atoms with Crippen LogP contribution >= 0.6 is 7.82 Å². The lowest BCUT2D eigenvalue weighted by atomic mass is 10.0. The zero-order valence-electron chi connectivity index (χ0n) is 57.8. The Morgan fingerprint density at radius 3 is 0.953 bits per heavy atom. The van der Waals surface area contributed by atoms with Gasteiger partial charge < -0.3 is 28.8 Å². The van der Waals surface area contributed by atoms with Crippen molar-refractivity contribution in [3.05, 3.63) is 36.5 Å². The van der Waals surface area contributed by atoms with Gasteiger partial charge in [0.1, 0.15) is 13.2 Å². The van der Waals surface area contributed by atoms with Crippen LogP contribution in [-0.4, -0.2) is 68.5 Å². The molecule has 8 nitrogen and oxygen atoms in total. The van der Waals surface area contributed by atoms with E-state index in [1.807, 2.05) is 27.2 Å². The fourth-order valence-corrected chi connectivity index (χ4v) is 12.4. The smallest absolute Gasteiger partial charge is 0.268 e. The number of hydrogen-bond donors (Lipinski definition) is 2. The van der Waals surface area contributed by atoms with Gasteiger partial charge in [-0.25, -0.2) is 0 Å². The van der Waals surface area contributed by atoms with Gasteiger partial charge in [-0.1, -0.05) is 378 Å². The molecule has 9 heteroatoms. The van der Waals surface area contributed by atoms with Gasteiger partial charge in [-0.3, -0.25) is 9.36 Å². The number of carbonyl (C=O) groups excluding carboxylic acids is 1. The highest BCUT2D eigenvalue weighted by molar-refractivity contribution is 7.45. The number of unbranched alkanes of at least 4 members (excludes halogenated alkanes) is 54. The third kappa shape index (κ3) is 70.0. The van der Waals surface area contributed by atoms with Crippen molar-refractivity contribution in [3.8, 4) is 0 Å². The fourth-order valence-electron chi connectivity index (χ4n) is 11.7. The number of aliphatic hydroxyl groups is 1. The average molecular weight is 1220 g/mol. The first-order chi connectivity index (χ1) is 41.5. The fraction of sp³-hybridized carbons (Fsp3) is 0.908. The number of carbonyl (C=O) groups is 1. The van der Waals surface area contributed by atoms with Crippen LogP contribution < -0.4 is 10.2 Å². The topological polar surface area (TPSA) is 108 Å². The summed E-state index contributed by atoms with van der Waals surface area (Å²) in [6, 6.07) is -0.910. The molecule has 0 aromatic carbocycles. The Kier molecular flexibility index (Phi) is 66.1. The Labute approximate surface area is 531 Å². The SMILES string of the molecule is CCCCCCCCCCCCCCC/C=C/CC/C=C/CC/C=C/C(O)C(COP(=O)([O-])OCC[N+](C)(C)C)NC(=O)CCCCCCCCCCCCCCCCCCCCCCCCCCCCCCCCCCCCCCCCCC. The quantitative estimate of drug-likeness (QED) is 0.0272. The minimum absolute atomic E-state index is 0.00707. The van der Waals surface area contributed by atoms with E-state index < -0.39 is 26.6 Å². The molecule has 0 saturated heterocycles. The molecule has 0 spiro atoms. The maximum atomic E-state index is 13.0. The van der Waals surface area contributed by atoms with Crippen molar-refractivity contribution in [3.63, 3.8) is 0 Å². The molecule has 0 aliphatic rings. The molecule has 0 saturated carbocycles. The third-order valence-electron chi connectivity index (χ3n) is 17.6. The standard InChI is InChI=1S/C76H149N2O6P/c1-6-8-10-12-14-16-18-20-22-24-26-28-30-31-32-33-34-35-36-37-38-39-40-41-42-43-44-45-46-48-50-52-54-56-58-60-62-64-66-68-70-76(80)77-74(73-84-85(81,82)83-72-71-78(3,4)5)75(79)69-67-65-63-61-59-57-55-53-51-49-47-29-27-25-23-21-19-17-15-13-11-9-7-2/h51,53,59,61,67,69,74-75,79H,6-50,52,54-58,60,62-66,68,70-73H2,1-5H3,(H-,77,80,81,82)/b53-51+,61-59+,69-67+. The molecule has 3 unspecified atom stereocenters. The first-order valence-corrected chi connectivity index (χ1v) is 39.3. The maximum absolute atomic E-state index is 13.0. The van der Waals surface area contributed by atoms with E-state index in [1.165, 1.54) is 327 Å². The normalized spacial score (nSPS) is 13.7. The molecule has 0 aliphatic heterocycles. The summed E-state index contributed by atoms with van der Waals surface area (Å²) in [4.78, 5) is 25.6. The molecule has 1 amide bonds. The Hall–Kier alpha value is -1.28. The van der Waals surface area contributed by atoms with Crippen LogP contribution in [0.15, 0.2) is 36.5 Å². The molecule has 85 heavy (non-hydrogen) atoms. The van der Waals surface area contributed by atoms with Gasteiger partial charge in [-0.05, 0) is 44.9 Å². The van der Waals surface area contributed by atoms with Crippen molar-refractivity contribution in [1.29, 1.82) is 0 Å². The minimum Gasteiger partial charge on any atom is -0.756 e. The number of phosphoric ester groups is 1. The lowest BCUT2D eigenvalue weighted by Crippen LogP contribution is -2.45. The largest absolute Gasteiger partial charge is 0.756 e. The molecule has 0 heterocycles. The molecule has 504 valence electrons. The monoisotopic (exact) mass is 1220 g/mol. The maximum Gasteiger partial charge on any atom is 0.268 e.